The van der Waals surface area contributed by atoms with Crippen LogP contribution in [0.2, 0.25) is 0 Å². The second-order valence-corrected chi connectivity index (χ2v) is 3.47. The lowest BCUT2D eigenvalue weighted by atomic mass is 10.3. The van der Waals surface area contributed by atoms with Crippen molar-refractivity contribution < 1.29 is 4.79 Å². The number of nitrogens with zero attached hydrogens (tertiary/aromatic N) is 2. The van der Waals surface area contributed by atoms with Crippen molar-refractivity contribution in [2.75, 3.05) is 0 Å². The molecular weight excluding hydrogens is 246 g/mol. The van der Waals surface area contributed by atoms with Gasteiger partial charge in [0.25, 0.3) is 10.8 Å². The number of nitrogens with one attached hydrogen (secondary N) is 1. The predicted octanol–water partition coefficient (Wildman–Crippen LogP) is 0.300. The minimum Gasteiger partial charge on any atom is -0.274 e. The Morgan fingerprint density at radius 3 is 2.47 bits per heavy atom. The zero-order valence-corrected chi connectivity index (χ0v) is 9.14. The fraction of sp³-hybridized carbons (Fsp3) is 0. The van der Waals surface area contributed by atoms with Crippen LogP contribution in [-0.2, 0) is 0 Å². The van der Waals surface area contributed by atoms with E-state index < -0.39 is 22.2 Å². The fourth-order valence-electron chi connectivity index (χ4n) is 1.27. The molecule has 86 valence electrons. The van der Waals surface area contributed by atoms with Gasteiger partial charge in [0, 0.05) is 0 Å². The number of rotatable bonds is 2. The van der Waals surface area contributed by atoms with Gasteiger partial charge in [0.2, 0.25) is 5.69 Å². The van der Waals surface area contributed by atoms with E-state index in [9.17, 15) is 14.4 Å². The summed E-state index contributed by atoms with van der Waals surface area (Å²) in [5, 5.41) is 2.60. The van der Waals surface area contributed by atoms with Gasteiger partial charge in [-0.15, -0.1) is 0 Å². The summed E-state index contributed by atoms with van der Waals surface area (Å²) in [6, 6.07) is 8.35. The number of aromatic nitrogens is 3. The topological polar surface area (TPSA) is 84.8 Å². The van der Waals surface area contributed by atoms with Crippen molar-refractivity contribution in [2.24, 2.45) is 0 Å². The summed E-state index contributed by atoms with van der Waals surface area (Å²) in [6.45, 7) is 0. The molecule has 1 heterocycles. The van der Waals surface area contributed by atoms with Gasteiger partial charge in [-0.3, -0.25) is 14.6 Å². The Morgan fingerprint density at radius 1 is 1.24 bits per heavy atom. The Labute approximate surface area is 99.5 Å². The molecule has 2 rings (SSSR count). The van der Waals surface area contributed by atoms with E-state index in [-0.39, 0.29) is 0 Å². The number of hydrogen-bond acceptors (Lipinski definition) is 4. The standard InChI is InChI=1S/C10H6ClN3O3/c11-8(15)7-9(16)12-10(17)14(13-7)6-4-2-1-3-5-6/h1-5H,(H,12,16,17). The van der Waals surface area contributed by atoms with Gasteiger partial charge < -0.3 is 0 Å². The summed E-state index contributed by atoms with van der Waals surface area (Å²) in [5.74, 6) is 0. The summed E-state index contributed by atoms with van der Waals surface area (Å²) in [7, 11) is 0. The highest BCUT2D eigenvalue weighted by Gasteiger charge is 2.13. The Hall–Kier alpha value is -2.21. The molecule has 0 radical (unpaired) electrons. The lowest BCUT2D eigenvalue weighted by Crippen LogP contribution is -2.34. The Kier molecular flexibility index (Phi) is 2.88. The largest absolute Gasteiger partial charge is 0.349 e. The first kappa shape index (κ1) is 11.3. The van der Waals surface area contributed by atoms with Crippen LogP contribution in [0.1, 0.15) is 10.5 Å². The van der Waals surface area contributed by atoms with E-state index in [2.05, 4.69) is 5.10 Å². The number of hydrogen-bond donors (Lipinski definition) is 1. The molecule has 17 heavy (non-hydrogen) atoms. The summed E-state index contributed by atoms with van der Waals surface area (Å²) < 4.78 is 0.900. The summed E-state index contributed by atoms with van der Waals surface area (Å²) in [5.41, 5.74) is -1.73. The molecule has 1 aromatic heterocycles. The summed E-state index contributed by atoms with van der Waals surface area (Å²) in [6.07, 6.45) is 0. The number of aromatic amines is 1. The molecule has 0 aliphatic carbocycles. The minimum atomic E-state index is -1.02. The Morgan fingerprint density at radius 2 is 1.88 bits per heavy atom. The van der Waals surface area contributed by atoms with Crippen LogP contribution in [0.4, 0.5) is 0 Å². The normalized spacial score (nSPS) is 10.2. The van der Waals surface area contributed by atoms with Crippen LogP contribution >= 0.6 is 11.6 Å². The van der Waals surface area contributed by atoms with Crippen LogP contribution in [-0.4, -0.2) is 20.0 Å². The molecule has 7 heteroatoms. The van der Waals surface area contributed by atoms with E-state index in [0.717, 1.165) is 4.68 Å². The van der Waals surface area contributed by atoms with Gasteiger partial charge in [-0.25, -0.2) is 4.79 Å². The van der Waals surface area contributed by atoms with Crippen molar-refractivity contribution in [3.63, 3.8) is 0 Å². The van der Waals surface area contributed by atoms with Crippen molar-refractivity contribution in [3.8, 4) is 5.69 Å². The zero-order valence-electron chi connectivity index (χ0n) is 8.38. The molecule has 1 aromatic carbocycles. The molecule has 0 aliphatic heterocycles. The first-order valence-electron chi connectivity index (χ1n) is 4.58. The van der Waals surface area contributed by atoms with Crippen LogP contribution in [0, 0.1) is 0 Å². The fourth-order valence-corrected chi connectivity index (χ4v) is 1.40. The van der Waals surface area contributed by atoms with Crippen molar-refractivity contribution in [1.82, 2.24) is 14.8 Å². The van der Waals surface area contributed by atoms with Gasteiger partial charge in [-0.05, 0) is 23.7 Å². The highest BCUT2D eigenvalue weighted by molar-refractivity contribution is 6.67. The van der Waals surface area contributed by atoms with Crippen LogP contribution < -0.4 is 11.2 Å². The van der Waals surface area contributed by atoms with Crippen molar-refractivity contribution in [3.05, 3.63) is 56.9 Å². The maximum Gasteiger partial charge on any atom is 0.349 e. The molecule has 0 amide bonds. The van der Waals surface area contributed by atoms with E-state index >= 15 is 0 Å². The number of H-pyrrole nitrogens is 1. The first-order valence-corrected chi connectivity index (χ1v) is 4.96. The number of para-hydroxylation sites is 1. The molecular formula is C10H6ClN3O3. The summed E-state index contributed by atoms with van der Waals surface area (Å²) in [4.78, 5) is 35.6. The molecule has 6 nitrogen and oxygen atoms in total. The van der Waals surface area contributed by atoms with Crippen molar-refractivity contribution in [1.29, 1.82) is 0 Å². The number of benzene rings is 1. The molecule has 0 fully saturated rings. The molecule has 1 N–H and O–H groups in total. The monoisotopic (exact) mass is 251 g/mol. The maximum atomic E-state index is 11.5. The second-order valence-electron chi connectivity index (χ2n) is 3.13. The second kappa shape index (κ2) is 4.34. The van der Waals surface area contributed by atoms with Gasteiger partial charge >= 0.3 is 5.69 Å². The average molecular weight is 252 g/mol. The van der Waals surface area contributed by atoms with E-state index in [4.69, 9.17) is 11.6 Å². The Bertz CT molecular complexity index is 675. The van der Waals surface area contributed by atoms with Gasteiger partial charge in [0.1, 0.15) is 0 Å². The number of carbonyl (C=O) groups is 1. The van der Waals surface area contributed by atoms with E-state index in [1.165, 1.54) is 0 Å². The Balaban J connectivity index is 2.72. The number of carbonyl (C=O) groups excluding carboxylic acids is 1. The summed E-state index contributed by atoms with van der Waals surface area (Å²) >= 11 is 5.18. The van der Waals surface area contributed by atoms with Crippen LogP contribution in [0.15, 0.2) is 39.9 Å². The van der Waals surface area contributed by atoms with Crippen LogP contribution in [0.5, 0.6) is 0 Å². The van der Waals surface area contributed by atoms with Crippen LogP contribution in [0.3, 0.4) is 0 Å². The highest BCUT2D eigenvalue weighted by atomic mass is 35.5. The molecule has 0 atom stereocenters. The lowest BCUT2D eigenvalue weighted by molar-refractivity contribution is 0.107. The van der Waals surface area contributed by atoms with Gasteiger partial charge in [-0.2, -0.15) is 9.78 Å². The number of halogens is 1. The van der Waals surface area contributed by atoms with Crippen LogP contribution in [0.25, 0.3) is 5.69 Å². The molecule has 2 aromatic rings. The first-order chi connectivity index (χ1) is 8.09. The average Bonchev–Trinajstić information content (AvgIpc) is 2.29. The van der Waals surface area contributed by atoms with Gasteiger partial charge in [0.15, 0.2) is 0 Å². The van der Waals surface area contributed by atoms with E-state index in [1.807, 2.05) is 4.98 Å². The lowest BCUT2D eigenvalue weighted by Gasteiger charge is -2.03. The smallest absolute Gasteiger partial charge is 0.274 e. The quantitative estimate of drug-likeness (QED) is 0.778. The molecule has 0 unspecified atom stereocenters. The van der Waals surface area contributed by atoms with E-state index in [0.29, 0.717) is 5.69 Å². The molecule has 0 saturated carbocycles. The van der Waals surface area contributed by atoms with Gasteiger partial charge in [0.05, 0.1) is 5.69 Å². The molecule has 0 spiro atoms. The maximum absolute atomic E-state index is 11.5. The van der Waals surface area contributed by atoms with Gasteiger partial charge in [-0.1, -0.05) is 18.2 Å². The third-order valence-electron chi connectivity index (χ3n) is 2.01. The third kappa shape index (κ3) is 2.16. The SMILES string of the molecule is O=C(Cl)c1nn(-c2ccccc2)c(=O)[nH]c1=O. The minimum absolute atomic E-state index is 0.424. The third-order valence-corrected chi connectivity index (χ3v) is 2.19. The van der Waals surface area contributed by atoms with E-state index in [1.54, 1.807) is 30.3 Å². The predicted molar refractivity (Wildman–Crippen MR) is 60.6 cm³/mol. The molecule has 0 bridgehead atoms. The van der Waals surface area contributed by atoms with Crippen molar-refractivity contribution >= 4 is 16.8 Å². The van der Waals surface area contributed by atoms with Crippen molar-refractivity contribution in [2.45, 2.75) is 0 Å². The highest BCUT2D eigenvalue weighted by Crippen LogP contribution is 2.01. The zero-order chi connectivity index (χ0) is 12.4. The molecule has 0 saturated heterocycles. The molecule has 0 aliphatic rings.